The summed E-state index contributed by atoms with van der Waals surface area (Å²) in [5, 5.41) is 5.57. The number of nitrogens with one attached hydrogen (secondary N) is 2. The van der Waals surface area contributed by atoms with Crippen molar-refractivity contribution in [2.45, 2.75) is 20.3 Å². The number of carbonyl (C=O) groups excluding carboxylic acids is 3. The van der Waals surface area contributed by atoms with Gasteiger partial charge in [0.2, 0.25) is 0 Å². The topological polar surface area (TPSA) is 78.5 Å². The van der Waals surface area contributed by atoms with Gasteiger partial charge in [-0.1, -0.05) is 38.1 Å². The molecule has 0 bridgehead atoms. The first-order valence-corrected chi connectivity index (χ1v) is 9.04. The standard InChI is InChI=1S/C21H23N3O3/c1-14(2)13-22-21(27)23-16-9-7-15(8-10-16)11-12-24-19(25)17-5-3-4-6-18(17)20(24)26/h3-10,14H,11-13H2,1-2H3,(H2,22,23,27). The number of hydrogen-bond acceptors (Lipinski definition) is 3. The predicted octanol–water partition coefficient (Wildman–Crippen LogP) is 3.30. The molecular formula is C21H23N3O3. The summed E-state index contributed by atoms with van der Waals surface area (Å²) in [6.07, 6.45) is 0.561. The van der Waals surface area contributed by atoms with Crippen LogP contribution in [0, 0.1) is 5.92 Å². The van der Waals surface area contributed by atoms with Crippen LogP contribution in [-0.2, 0) is 6.42 Å². The van der Waals surface area contributed by atoms with Crippen LogP contribution in [0.25, 0.3) is 0 Å². The molecule has 2 aromatic carbocycles. The van der Waals surface area contributed by atoms with Crippen LogP contribution >= 0.6 is 0 Å². The van der Waals surface area contributed by atoms with Gasteiger partial charge in [0.15, 0.2) is 0 Å². The Kier molecular flexibility index (Phi) is 5.54. The number of hydrogen-bond donors (Lipinski definition) is 2. The SMILES string of the molecule is CC(C)CNC(=O)Nc1ccc(CCN2C(=O)c3ccccc3C2=O)cc1. The molecule has 2 aromatic rings. The largest absolute Gasteiger partial charge is 0.338 e. The molecule has 6 nitrogen and oxygen atoms in total. The van der Waals surface area contributed by atoms with E-state index in [1.165, 1.54) is 4.90 Å². The molecule has 0 spiro atoms. The van der Waals surface area contributed by atoms with E-state index >= 15 is 0 Å². The zero-order valence-electron chi connectivity index (χ0n) is 15.5. The fourth-order valence-electron chi connectivity index (χ4n) is 2.91. The van der Waals surface area contributed by atoms with Crippen LogP contribution in [0.5, 0.6) is 0 Å². The van der Waals surface area contributed by atoms with Gasteiger partial charge in [-0.3, -0.25) is 14.5 Å². The maximum absolute atomic E-state index is 12.4. The third-order valence-corrected chi connectivity index (χ3v) is 4.38. The van der Waals surface area contributed by atoms with Crippen molar-refractivity contribution in [2.24, 2.45) is 5.92 Å². The Balaban J connectivity index is 1.55. The number of carbonyl (C=O) groups is 3. The van der Waals surface area contributed by atoms with Crippen molar-refractivity contribution in [2.75, 3.05) is 18.4 Å². The number of fused-ring (bicyclic) bond motifs is 1. The molecule has 27 heavy (non-hydrogen) atoms. The summed E-state index contributed by atoms with van der Waals surface area (Å²) >= 11 is 0. The van der Waals surface area contributed by atoms with Crippen LogP contribution in [0.4, 0.5) is 10.5 Å². The zero-order chi connectivity index (χ0) is 19.4. The second kappa shape index (κ2) is 8.03. The number of imide groups is 1. The molecule has 6 heteroatoms. The van der Waals surface area contributed by atoms with Gasteiger partial charge in [0.05, 0.1) is 11.1 Å². The van der Waals surface area contributed by atoms with Crippen molar-refractivity contribution in [3.63, 3.8) is 0 Å². The molecule has 2 N–H and O–H groups in total. The maximum atomic E-state index is 12.4. The van der Waals surface area contributed by atoms with Gasteiger partial charge in [-0.05, 0) is 42.2 Å². The van der Waals surface area contributed by atoms with E-state index in [0.29, 0.717) is 42.2 Å². The molecule has 0 unspecified atom stereocenters. The number of anilines is 1. The van der Waals surface area contributed by atoms with Gasteiger partial charge in [0, 0.05) is 18.8 Å². The van der Waals surface area contributed by atoms with E-state index in [2.05, 4.69) is 10.6 Å². The van der Waals surface area contributed by atoms with Gasteiger partial charge >= 0.3 is 6.03 Å². The number of nitrogens with zero attached hydrogens (tertiary/aromatic N) is 1. The highest BCUT2D eigenvalue weighted by Crippen LogP contribution is 2.22. The number of amides is 4. The van der Waals surface area contributed by atoms with Crippen LogP contribution in [0.2, 0.25) is 0 Å². The van der Waals surface area contributed by atoms with E-state index in [4.69, 9.17) is 0 Å². The lowest BCUT2D eigenvalue weighted by atomic mass is 10.1. The second-order valence-corrected chi connectivity index (χ2v) is 6.98. The van der Waals surface area contributed by atoms with Gasteiger partial charge in [0.1, 0.15) is 0 Å². The molecular weight excluding hydrogens is 342 g/mol. The number of urea groups is 1. The summed E-state index contributed by atoms with van der Waals surface area (Å²) in [5.74, 6) is -0.0910. The zero-order valence-corrected chi connectivity index (χ0v) is 15.5. The van der Waals surface area contributed by atoms with E-state index in [9.17, 15) is 14.4 Å². The Hall–Kier alpha value is -3.15. The first-order chi connectivity index (χ1) is 13.0. The average molecular weight is 365 g/mol. The Labute approximate surface area is 158 Å². The fraction of sp³-hybridized carbons (Fsp3) is 0.286. The summed E-state index contributed by atoms with van der Waals surface area (Å²) in [6, 6.07) is 14.0. The molecule has 1 aliphatic heterocycles. The lowest BCUT2D eigenvalue weighted by Crippen LogP contribution is -2.32. The fourth-order valence-corrected chi connectivity index (χ4v) is 2.91. The lowest BCUT2D eigenvalue weighted by molar-refractivity contribution is 0.0656. The van der Waals surface area contributed by atoms with Gasteiger partial charge in [-0.25, -0.2) is 4.79 Å². The van der Waals surface area contributed by atoms with Crippen molar-refractivity contribution in [3.8, 4) is 0 Å². The van der Waals surface area contributed by atoms with E-state index < -0.39 is 0 Å². The Morgan fingerprint density at radius 2 is 1.56 bits per heavy atom. The van der Waals surface area contributed by atoms with Crippen molar-refractivity contribution in [1.29, 1.82) is 0 Å². The highest BCUT2D eigenvalue weighted by atomic mass is 16.2. The number of rotatable bonds is 6. The summed E-state index contributed by atoms with van der Waals surface area (Å²) in [7, 11) is 0. The smallest absolute Gasteiger partial charge is 0.319 e. The summed E-state index contributed by atoms with van der Waals surface area (Å²) in [6.45, 7) is 5.01. The van der Waals surface area contributed by atoms with Gasteiger partial charge in [0.25, 0.3) is 11.8 Å². The molecule has 0 aromatic heterocycles. The van der Waals surface area contributed by atoms with Crippen LogP contribution in [0.1, 0.15) is 40.1 Å². The van der Waals surface area contributed by atoms with Crippen molar-refractivity contribution in [3.05, 3.63) is 65.2 Å². The minimum absolute atomic E-state index is 0.234. The van der Waals surface area contributed by atoms with Crippen LogP contribution in [-0.4, -0.2) is 35.8 Å². The monoisotopic (exact) mass is 365 g/mol. The summed E-state index contributed by atoms with van der Waals surface area (Å²) in [4.78, 5) is 37.8. The third kappa shape index (κ3) is 4.34. The Bertz CT molecular complexity index is 824. The third-order valence-electron chi connectivity index (χ3n) is 4.38. The minimum atomic E-state index is -0.240. The van der Waals surface area contributed by atoms with Crippen molar-refractivity contribution >= 4 is 23.5 Å². The van der Waals surface area contributed by atoms with Gasteiger partial charge in [-0.15, -0.1) is 0 Å². The van der Waals surface area contributed by atoms with E-state index in [0.717, 1.165) is 5.56 Å². The lowest BCUT2D eigenvalue weighted by Gasteiger charge is -2.14. The van der Waals surface area contributed by atoms with Gasteiger partial charge < -0.3 is 10.6 Å². The van der Waals surface area contributed by atoms with Gasteiger partial charge in [-0.2, -0.15) is 0 Å². The van der Waals surface area contributed by atoms with Crippen molar-refractivity contribution in [1.82, 2.24) is 10.2 Å². The van der Waals surface area contributed by atoms with Crippen LogP contribution < -0.4 is 10.6 Å². The molecule has 0 saturated heterocycles. The quantitative estimate of drug-likeness (QED) is 0.771. The normalized spacial score (nSPS) is 13.1. The number of benzene rings is 2. The second-order valence-electron chi connectivity index (χ2n) is 6.98. The maximum Gasteiger partial charge on any atom is 0.319 e. The van der Waals surface area contributed by atoms with E-state index in [1.54, 1.807) is 24.3 Å². The molecule has 1 aliphatic rings. The first-order valence-electron chi connectivity index (χ1n) is 9.04. The highest BCUT2D eigenvalue weighted by molar-refractivity contribution is 6.21. The minimum Gasteiger partial charge on any atom is -0.338 e. The predicted molar refractivity (Wildman–Crippen MR) is 104 cm³/mol. The van der Waals surface area contributed by atoms with Crippen LogP contribution in [0.3, 0.4) is 0 Å². The van der Waals surface area contributed by atoms with Crippen molar-refractivity contribution < 1.29 is 14.4 Å². The van der Waals surface area contributed by atoms with E-state index in [-0.39, 0.29) is 17.8 Å². The Morgan fingerprint density at radius 1 is 0.963 bits per heavy atom. The molecule has 0 fully saturated rings. The molecule has 4 amide bonds. The molecule has 1 heterocycles. The Morgan fingerprint density at radius 3 is 2.11 bits per heavy atom. The molecule has 0 radical (unpaired) electrons. The molecule has 0 aliphatic carbocycles. The van der Waals surface area contributed by atoms with E-state index in [1.807, 2.05) is 38.1 Å². The first kappa shape index (κ1) is 18.6. The summed E-state index contributed by atoms with van der Waals surface area (Å²) in [5.41, 5.74) is 2.62. The molecule has 140 valence electrons. The molecule has 0 saturated carbocycles. The van der Waals surface area contributed by atoms with Crippen LogP contribution in [0.15, 0.2) is 48.5 Å². The molecule has 3 rings (SSSR count). The highest BCUT2D eigenvalue weighted by Gasteiger charge is 2.34. The summed E-state index contributed by atoms with van der Waals surface area (Å²) < 4.78 is 0. The average Bonchev–Trinajstić information content (AvgIpc) is 2.90. The molecule has 0 atom stereocenters.